The monoisotopic (exact) mass is 388 g/mol. The zero-order valence-electron chi connectivity index (χ0n) is 16.6. The highest BCUT2D eigenvalue weighted by Gasteiger charge is 2.41. The maximum Gasteiger partial charge on any atom is 0.520 e. The quantitative estimate of drug-likeness (QED) is 0.389. The number of nitrogens with one attached hydrogen (secondary N) is 2. The summed E-state index contributed by atoms with van der Waals surface area (Å²) in [5, 5.41) is 6.82. The van der Waals surface area contributed by atoms with Crippen molar-refractivity contribution < 1.29 is 13.3 Å². The van der Waals surface area contributed by atoms with E-state index in [4.69, 9.17) is 13.3 Å². The van der Waals surface area contributed by atoms with Gasteiger partial charge in [0.15, 0.2) is 0 Å². The van der Waals surface area contributed by atoms with Crippen molar-refractivity contribution in [2.75, 3.05) is 37.6 Å². The van der Waals surface area contributed by atoms with Crippen LogP contribution in [0.2, 0.25) is 0 Å². The van der Waals surface area contributed by atoms with Crippen molar-refractivity contribution >= 4 is 20.2 Å². The van der Waals surface area contributed by atoms with E-state index in [1.54, 1.807) is 14.2 Å². The van der Waals surface area contributed by atoms with Crippen LogP contribution in [0.15, 0.2) is 60.7 Å². The van der Waals surface area contributed by atoms with Crippen LogP contribution in [0.4, 0.5) is 11.4 Å². The van der Waals surface area contributed by atoms with E-state index >= 15 is 0 Å². The SMILES string of the molecule is CCC(CCCNc1ccccc1)O[Si](CNc1ccccc1)(OC)OC. The summed E-state index contributed by atoms with van der Waals surface area (Å²) in [6.45, 7) is 3.06. The third kappa shape index (κ3) is 7.34. The predicted molar refractivity (Wildman–Crippen MR) is 114 cm³/mol. The molecule has 0 saturated heterocycles. The molecule has 6 heteroatoms. The van der Waals surface area contributed by atoms with Crippen LogP contribution in [-0.4, -0.2) is 41.8 Å². The van der Waals surface area contributed by atoms with Crippen LogP contribution in [-0.2, 0) is 13.3 Å². The minimum absolute atomic E-state index is 0.117. The Morgan fingerprint density at radius 1 is 0.852 bits per heavy atom. The average Bonchev–Trinajstić information content (AvgIpc) is 2.74. The van der Waals surface area contributed by atoms with Crippen molar-refractivity contribution in [3.8, 4) is 0 Å². The van der Waals surface area contributed by atoms with Crippen LogP contribution in [0.3, 0.4) is 0 Å². The molecule has 148 valence electrons. The second-order valence-corrected chi connectivity index (χ2v) is 9.17. The second kappa shape index (κ2) is 11.8. The molecule has 0 heterocycles. The first-order valence-corrected chi connectivity index (χ1v) is 11.5. The Morgan fingerprint density at radius 3 is 1.93 bits per heavy atom. The molecule has 0 amide bonds. The van der Waals surface area contributed by atoms with Crippen LogP contribution < -0.4 is 10.6 Å². The molecule has 27 heavy (non-hydrogen) atoms. The van der Waals surface area contributed by atoms with Gasteiger partial charge >= 0.3 is 8.80 Å². The lowest BCUT2D eigenvalue weighted by Gasteiger charge is -2.31. The largest absolute Gasteiger partial charge is 0.520 e. The third-order valence-electron chi connectivity index (χ3n) is 4.51. The van der Waals surface area contributed by atoms with Gasteiger partial charge in [0, 0.05) is 38.2 Å². The maximum absolute atomic E-state index is 6.36. The molecular formula is C21H32N2O3Si. The summed E-state index contributed by atoms with van der Waals surface area (Å²) in [6, 6.07) is 20.3. The van der Waals surface area contributed by atoms with E-state index in [1.165, 1.54) is 0 Å². The van der Waals surface area contributed by atoms with Gasteiger partial charge in [-0.25, -0.2) is 0 Å². The Hall–Kier alpha value is -1.86. The summed E-state index contributed by atoms with van der Waals surface area (Å²) >= 11 is 0. The first-order chi connectivity index (χ1) is 13.2. The van der Waals surface area contributed by atoms with E-state index in [1.807, 2.05) is 48.5 Å². The summed E-state index contributed by atoms with van der Waals surface area (Å²) < 4.78 is 17.8. The van der Waals surface area contributed by atoms with Crippen molar-refractivity contribution in [1.29, 1.82) is 0 Å². The molecule has 0 bridgehead atoms. The smallest absolute Gasteiger partial charge is 0.385 e. The molecule has 2 aromatic rings. The van der Waals surface area contributed by atoms with Gasteiger partial charge in [-0.15, -0.1) is 0 Å². The van der Waals surface area contributed by atoms with Crippen LogP contribution in [0.1, 0.15) is 26.2 Å². The fraction of sp³-hybridized carbons (Fsp3) is 0.429. The van der Waals surface area contributed by atoms with E-state index in [2.05, 4.69) is 29.7 Å². The molecule has 2 aromatic carbocycles. The average molecular weight is 389 g/mol. The van der Waals surface area contributed by atoms with Gasteiger partial charge in [0.25, 0.3) is 0 Å². The summed E-state index contributed by atoms with van der Waals surface area (Å²) in [7, 11) is 0.579. The highest BCUT2D eigenvalue weighted by Crippen LogP contribution is 2.18. The summed E-state index contributed by atoms with van der Waals surface area (Å²) in [5.41, 5.74) is 2.18. The van der Waals surface area contributed by atoms with E-state index in [-0.39, 0.29) is 6.10 Å². The maximum atomic E-state index is 6.36. The van der Waals surface area contributed by atoms with E-state index in [0.717, 1.165) is 37.2 Å². The van der Waals surface area contributed by atoms with E-state index < -0.39 is 8.80 Å². The molecule has 0 saturated carbocycles. The number of hydrogen-bond acceptors (Lipinski definition) is 5. The van der Waals surface area contributed by atoms with Gasteiger partial charge < -0.3 is 23.9 Å². The molecule has 5 nitrogen and oxygen atoms in total. The predicted octanol–water partition coefficient (Wildman–Crippen LogP) is 4.56. The molecule has 0 radical (unpaired) electrons. The topological polar surface area (TPSA) is 51.8 Å². The molecular weight excluding hydrogens is 356 g/mol. The standard InChI is InChI=1S/C21H32N2O3Si/c1-4-21(16-11-17-22-19-12-7-5-8-13-19)26-27(24-2,25-3)18-23-20-14-9-6-10-15-20/h5-10,12-15,21-23H,4,11,16-18H2,1-3H3. The van der Waals surface area contributed by atoms with Crippen LogP contribution in [0, 0.1) is 0 Å². The van der Waals surface area contributed by atoms with Gasteiger partial charge in [0.05, 0.1) is 6.17 Å². The van der Waals surface area contributed by atoms with Gasteiger partial charge in [-0.3, -0.25) is 0 Å². The number of benzene rings is 2. The van der Waals surface area contributed by atoms with Gasteiger partial charge in [-0.05, 0) is 43.5 Å². The highest BCUT2D eigenvalue weighted by atomic mass is 28.4. The van der Waals surface area contributed by atoms with E-state index in [0.29, 0.717) is 6.17 Å². The first-order valence-electron chi connectivity index (χ1n) is 9.57. The molecule has 2 rings (SSSR count). The summed E-state index contributed by atoms with van der Waals surface area (Å²) in [4.78, 5) is 0. The van der Waals surface area contributed by atoms with Gasteiger partial charge in [-0.2, -0.15) is 0 Å². The van der Waals surface area contributed by atoms with Crippen molar-refractivity contribution in [3.63, 3.8) is 0 Å². The molecule has 0 fully saturated rings. The minimum Gasteiger partial charge on any atom is -0.385 e. The Balaban J connectivity index is 1.82. The number of rotatable bonds is 13. The summed E-state index contributed by atoms with van der Waals surface area (Å²) in [5.74, 6) is 0. The lowest BCUT2D eigenvalue weighted by molar-refractivity contribution is 0.0511. The molecule has 1 unspecified atom stereocenters. The van der Waals surface area contributed by atoms with E-state index in [9.17, 15) is 0 Å². The Bertz CT molecular complexity index is 624. The van der Waals surface area contributed by atoms with Gasteiger partial charge in [0.2, 0.25) is 0 Å². The number of anilines is 2. The van der Waals surface area contributed by atoms with Gasteiger partial charge in [0.1, 0.15) is 0 Å². The van der Waals surface area contributed by atoms with Crippen LogP contribution >= 0.6 is 0 Å². The fourth-order valence-electron chi connectivity index (χ4n) is 2.85. The van der Waals surface area contributed by atoms with Crippen molar-refractivity contribution in [3.05, 3.63) is 60.7 Å². The zero-order valence-corrected chi connectivity index (χ0v) is 17.6. The Morgan fingerprint density at radius 2 is 1.41 bits per heavy atom. The molecule has 0 aromatic heterocycles. The molecule has 0 aliphatic rings. The molecule has 0 aliphatic heterocycles. The highest BCUT2D eigenvalue weighted by molar-refractivity contribution is 6.61. The second-order valence-electron chi connectivity index (χ2n) is 6.39. The number of para-hydroxylation sites is 2. The zero-order chi connectivity index (χ0) is 19.4. The lowest BCUT2D eigenvalue weighted by atomic mass is 10.1. The van der Waals surface area contributed by atoms with Crippen LogP contribution in [0.25, 0.3) is 0 Å². The molecule has 2 N–H and O–H groups in total. The van der Waals surface area contributed by atoms with Crippen molar-refractivity contribution in [2.24, 2.45) is 0 Å². The molecule has 1 atom stereocenters. The lowest BCUT2D eigenvalue weighted by Crippen LogP contribution is -2.52. The normalized spacial score (nSPS) is 12.6. The molecule has 0 aliphatic carbocycles. The molecule has 0 spiro atoms. The van der Waals surface area contributed by atoms with Crippen molar-refractivity contribution in [1.82, 2.24) is 0 Å². The summed E-state index contributed by atoms with van der Waals surface area (Å²) in [6.07, 6.45) is 3.58. The number of hydrogen-bond donors (Lipinski definition) is 2. The van der Waals surface area contributed by atoms with Crippen LogP contribution in [0.5, 0.6) is 0 Å². The Labute approximate surface area is 164 Å². The Kier molecular flexibility index (Phi) is 9.34. The van der Waals surface area contributed by atoms with Crippen molar-refractivity contribution in [2.45, 2.75) is 32.3 Å². The third-order valence-corrected chi connectivity index (χ3v) is 7.06. The first kappa shape index (κ1) is 21.4. The van der Waals surface area contributed by atoms with Gasteiger partial charge in [-0.1, -0.05) is 43.3 Å². The minimum atomic E-state index is -2.77. The fourth-order valence-corrected chi connectivity index (χ4v) is 4.79.